The van der Waals surface area contributed by atoms with Gasteiger partial charge in [-0.05, 0) is 41.1 Å². The van der Waals surface area contributed by atoms with Crippen LogP contribution in [0, 0.1) is 18.8 Å². The van der Waals surface area contributed by atoms with Gasteiger partial charge in [-0.2, -0.15) is 18.3 Å². The van der Waals surface area contributed by atoms with Crippen LogP contribution in [0.3, 0.4) is 0 Å². The molecule has 0 amide bonds. The zero-order chi connectivity index (χ0) is 25.5. The summed E-state index contributed by atoms with van der Waals surface area (Å²) >= 11 is 9.84. The first-order valence-corrected chi connectivity index (χ1v) is 12.4. The number of aromatic nitrogens is 1. The van der Waals surface area contributed by atoms with Gasteiger partial charge in [-0.25, -0.2) is 4.98 Å². The number of benzene rings is 1. The molecule has 6 nitrogen and oxygen atoms in total. The molecule has 0 spiro atoms. The summed E-state index contributed by atoms with van der Waals surface area (Å²) in [6, 6.07) is 6.38. The Morgan fingerprint density at radius 2 is 1.94 bits per heavy atom. The van der Waals surface area contributed by atoms with Crippen molar-refractivity contribution >= 4 is 44.6 Å². The second kappa shape index (κ2) is 10.0. The van der Waals surface area contributed by atoms with Gasteiger partial charge in [-0.3, -0.25) is 5.01 Å². The molecule has 1 aromatic carbocycles. The zero-order valence-corrected chi connectivity index (χ0v) is 21.9. The number of rotatable bonds is 5. The van der Waals surface area contributed by atoms with Crippen LogP contribution in [0.5, 0.6) is 11.6 Å². The molecule has 2 aliphatic heterocycles. The van der Waals surface area contributed by atoms with Crippen LogP contribution < -0.4 is 19.4 Å². The van der Waals surface area contributed by atoms with Crippen molar-refractivity contribution in [2.45, 2.75) is 38.6 Å². The third-order valence-corrected chi connectivity index (χ3v) is 7.39. The van der Waals surface area contributed by atoms with Crippen LogP contribution in [0.1, 0.15) is 20.3 Å². The third kappa shape index (κ3) is 5.33. The average Bonchev–Trinajstić information content (AvgIpc) is 3.10. The normalized spacial score (nSPS) is 25.0. The van der Waals surface area contributed by atoms with Crippen molar-refractivity contribution in [3.8, 4) is 11.6 Å². The van der Waals surface area contributed by atoms with E-state index >= 15 is 0 Å². The Morgan fingerprint density at radius 3 is 2.54 bits per heavy atom. The Labute approximate surface area is 216 Å². The minimum absolute atomic E-state index is 0.0336. The predicted octanol–water partition coefficient (Wildman–Crippen LogP) is 6.38. The topological polar surface area (TPSA) is 50.2 Å². The molecule has 35 heavy (non-hydrogen) atoms. The van der Waals surface area contributed by atoms with Crippen LogP contribution in [-0.4, -0.2) is 49.2 Å². The van der Waals surface area contributed by atoms with Crippen LogP contribution >= 0.6 is 27.5 Å². The maximum Gasteiger partial charge on any atom is 0.431 e. The minimum Gasteiger partial charge on any atom is -0.490 e. The van der Waals surface area contributed by atoms with E-state index < -0.39 is 23.8 Å². The Balaban J connectivity index is 1.45. The molecule has 0 bridgehead atoms. The summed E-state index contributed by atoms with van der Waals surface area (Å²) in [6.45, 7) is 8.96. The molecule has 0 aliphatic carbocycles. The number of methoxy groups -OCH3 is 1. The Hall–Kier alpha value is -2.20. The van der Waals surface area contributed by atoms with E-state index in [0.29, 0.717) is 26.8 Å². The van der Waals surface area contributed by atoms with E-state index in [4.69, 9.17) is 21.1 Å². The van der Waals surface area contributed by atoms with E-state index in [1.807, 2.05) is 6.07 Å². The number of hydrazone groups is 1. The van der Waals surface area contributed by atoms with Gasteiger partial charge in [0.1, 0.15) is 17.6 Å². The highest BCUT2D eigenvalue weighted by molar-refractivity contribution is 9.10. The van der Waals surface area contributed by atoms with Crippen LogP contribution in [-0.2, 0) is 0 Å². The minimum atomic E-state index is -4.49. The molecule has 0 N–H and O–H groups in total. The van der Waals surface area contributed by atoms with Gasteiger partial charge in [0.05, 0.1) is 35.7 Å². The molecule has 2 aliphatic rings. The summed E-state index contributed by atoms with van der Waals surface area (Å²) in [5.41, 5.74) is 0.557. The number of pyridine rings is 1. The lowest BCUT2D eigenvalue weighted by Crippen LogP contribution is -2.44. The van der Waals surface area contributed by atoms with Crippen LogP contribution in [0.25, 0.3) is 0 Å². The number of halogens is 5. The Bertz CT molecular complexity index is 1120. The second-order valence-corrected chi connectivity index (χ2v) is 10.1. The summed E-state index contributed by atoms with van der Waals surface area (Å²) in [5, 5.41) is 5.71. The molecule has 1 fully saturated rings. The Kier molecular flexibility index (Phi) is 7.43. The fourth-order valence-corrected chi connectivity index (χ4v) is 5.19. The van der Waals surface area contributed by atoms with Crippen molar-refractivity contribution < 1.29 is 22.6 Å². The van der Waals surface area contributed by atoms with Gasteiger partial charge in [0.25, 0.3) is 0 Å². The first-order chi connectivity index (χ1) is 16.5. The average molecular weight is 575 g/mol. The number of ether oxygens (including phenoxy) is 2. The summed E-state index contributed by atoms with van der Waals surface area (Å²) in [7, 11) is 1.56. The quantitative estimate of drug-likeness (QED) is 0.415. The Morgan fingerprint density at radius 1 is 1.20 bits per heavy atom. The zero-order valence-electron chi connectivity index (χ0n) is 19.5. The van der Waals surface area contributed by atoms with Gasteiger partial charge in [0.2, 0.25) is 5.88 Å². The summed E-state index contributed by atoms with van der Waals surface area (Å²) < 4.78 is 52.0. The molecule has 0 saturated carbocycles. The molecular formula is C24H26BrClF3N4O2. The lowest BCUT2D eigenvalue weighted by molar-refractivity contribution is -0.0618. The second-order valence-electron chi connectivity index (χ2n) is 8.84. The van der Waals surface area contributed by atoms with Crippen molar-refractivity contribution in [3.63, 3.8) is 0 Å². The third-order valence-electron chi connectivity index (χ3n) is 6.47. The van der Waals surface area contributed by atoms with E-state index in [1.54, 1.807) is 31.5 Å². The van der Waals surface area contributed by atoms with E-state index in [9.17, 15) is 13.2 Å². The highest BCUT2D eigenvalue weighted by atomic mass is 79.9. The van der Waals surface area contributed by atoms with Gasteiger partial charge in [-0.1, -0.05) is 25.4 Å². The number of piperidine rings is 1. The molecular weight excluding hydrogens is 549 g/mol. The van der Waals surface area contributed by atoms with E-state index in [1.165, 1.54) is 11.9 Å². The van der Waals surface area contributed by atoms with Crippen molar-refractivity contribution in [2.24, 2.45) is 16.9 Å². The van der Waals surface area contributed by atoms with Crippen LogP contribution in [0.15, 0.2) is 40.0 Å². The van der Waals surface area contributed by atoms with E-state index in [-0.39, 0.29) is 12.0 Å². The maximum absolute atomic E-state index is 13.3. The predicted molar refractivity (Wildman–Crippen MR) is 135 cm³/mol. The maximum atomic E-state index is 13.3. The molecule has 4 rings (SSSR count). The molecule has 1 saturated heterocycles. The number of anilines is 2. The summed E-state index contributed by atoms with van der Waals surface area (Å²) in [4.78, 5) is 6.32. The molecule has 189 valence electrons. The van der Waals surface area contributed by atoms with Crippen LogP contribution in [0.4, 0.5) is 24.5 Å². The van der Waals surface area contributed by atoms with Gasteiger partial charge >= 0.3 is 6.18 Å². The fraction of sp³-hybridized carbons (Fsp3) is 0.458. The molecule has 11 heteroatoms. The van der Waals surface area contributed by atoms with Crippen molar-refractivity contribution in [3.05, 3.63) is 46.9 Å². The smallest absolute Gasteiger partial charge is 0.431 e. The molecule has 1 radical (unpaired) electrons. The molecule has 3 heterocycles. The molecule has 4 atom stereocenters. The monoisotopic (exact) mass is 573 g/mol. The number of alkyl halides is 3. The van der Waals surface area contributed by atoms with Crippen molar-refractivity contribution in [2.75, 3.05) is 30.1 Å². The number of nitrogens with zero attached hydrogens (tertiary/aromatic N) is 4. The highest BCUT2D eigenvalue weighted by Crippen LogP contribution is 2.39. The molecule has 0 unspecified atom stereocenters. The lowest BCUT2D eigenvalue weighted by Gasteiger charge is -2.38. The van der Waals surface area contributed by atoms with E-state index in [0.717, 1.165) is 25.2 Å². The summed E-state index contributed by atoms with van der Waals surface area (Å²) in [5.74, 6) is 0.490. The fourth-order valence-electron chi connectivity index (χ4n) is 4.43. The molecule has 1 aromatic heterocycles. The van der Waals surface area contributed by atoms with Gasteiger partial charge in [-0.15, -0.1) is 0 Å². The van der Waals surface area contributed by atoms with E-state index in [2.05, 4.69) is 44.8 Å². The first-order valence-electron chi connectivity index (χ1n) is 11.2. The SMILES string of the molecule is [CH2][C@@H]1[C@H](C)C(C(F)(F)F)=NN1c1ccc(O[C@@H]2CCN(c3cc(OC)ncc3Cl)C[C@H]2C)cc1Br. The van der Waals surface area contributed by atoms with Gasteiger partial charge in [0.15, 0.2) is 0 Å². The van der Waals surface area contributed by atoms with Crippen molar-refractivity contribution in [1.29, 1.82) is 0 Å². The van der Waals surface area contributed by atoms with Gasteiger partial charge in [0, 0.05) is 41.9 Å². The number of hydrogen-bond donors (Lipinski definition) is 0. The lowest BCUT2D eigenvalue weighted by atomic mass is 9.96. The largest absolute Gasteiger partial charge is 0.490 e. The highest BCUT2D eigenvalue weighted by Gasteiger charge is 2.47. The standard InChI is InChI=1S/C24H26BrClF3N4O2/c1-13-12-32(20-10-22(34-4)30-11-18(20)26)8-7-21(13)35-16-5-6-19(17(25)9-16)33-15(3)14(2)23(31-33)24(27,28)29/h5-6,9-11,13-15,21H,3,7-8,12H2,1-2,4H3/t13-,14+,15-,21-/m1/s1. The van der Waals surface area contributed by atoms with Gasteiger partial charge < -0.3 is 14.4 Å². The summed E-state index contributed by atoms with van der Waals surface area (Å²) in [6.07, 6.45) is -2.17. The van der Waals surface area contributed by atoms with Crippen molar-refractivity contribution in [1.82, 2.24) is 4.98 Å². The molecule has 2 aromatic rings. The van der Waals surface area contributed by atoms with Crippen LogP contribution in [0.2, 0.25) is 5.02 Å². The number of hydrogen-bond acceptors (Lipinski definition) is 6. The first kappa shape index (κ1) is 25.9.